The molecule has 2 aromatic heterocycles. The maximum absolute atomic E-state index is 13.2. The number of carbonyl (C=O) groups is 2. The van der Waals surface area contributed by atoms with Crippen LogP contribution in [-0.2, 0) is 21.2 Å². The van der Waals surface area contributed by atoms with Crippen LogP contribution in [0.1, 0.15) is 18.2 Å². The van der Waals surface area contributed by atoms with Crippen molar-refractivity contribution in [3.63, 3.8) is 0 Å². The van der Waals surface area contributed by atoms with Crippen molar-refractivity contribution in [1.82, 2.24) is 19.5 Å². The molecule has 16 heteroatoms. The fourth-order valence-corrected chi connectivity index (χ4v) is 6.05. The van der Waals surface area contributed by atoms with E-state index in [1.807, 2.05) is 4.90 Å². The van der Waals surface area contributed by atoms with Crippen LogP contribution >= 0.6 is 0 Å². The first-order valence-corrected chi connectivity index (χ1v) is 16.0. The molecule has 46 heavy (non-hydrogen) atoms. The summed E-state index contributed by atoms with van der Waals surface area (Å²) in [5, 5.41) is 15.0. The number of benzene rings is 2. The molecule has 3 heterocycles. The number of rotatable bonds is 9. The van der Waals surface area contributed by atoms with Gasteiger partial charge in [-0.1, -0.05) is 18.2 Å². The molecule has 0 saturated carbocycles. The molecule has 0 aliphatic carbocycles. The highest BCUT2D eigenvalue weighted by molar-refractivity contribution is 7.90. The Bertz CT molecular complexity index is 1910. The minimum atomic E-state index is -3.56. The molecular weight excluding hydrogens is 626 g/mol. The number of methoxy groups -OCH3 is 1. The van der Waals surface area contributed by atoms with E-state index in [2.05, 4.69) is 5.10 Å². The van der Waals surface area contributed by atoms with Crippen LogP contribution in [0.3, 0.4) is 0 Å². The van der Waals surface area contributed by atoms with Gasteiger partial charge in [0.2, 0.25) is 5.91 Å². The lowest BCUT2D eigenvalue weighted by Gasteiger charge is -2.35. The first kappa shape index (κ1) is 32.4. The standard InChI is InChI=1S/C30H32F2N6O7S/c1-18-27(21-8-9-23(44-3)24(15-21)45-29(31)32)28-33-25(36-12-10-35(11-13-36)19(2)39)16-26(38(28)34-18)37(30(40)41)17-20-6-5-7-22(14-20)46(4,42)43/h5-9,14-16,29H,10-13,17H2,1-4H3,(H,40,41). The highest BCUT2D eigenvalue weighted by Gasteiger charge is 2.28. The van der Waals surface area contributed by atoms with E-state index >= 15 is 0 Å². The van der Waals surface area contributed by atoms with Crippen molar-refractivity contribution < 1.29 is 41.4 Å². The predicted octanol–water partition coefficient (Wildman–Crippen LogP) is 4.07. The molecule has 244 valence electrons. The predicted molar refractivity (Wildman–Crippen MR) is 165 cm³/mol. The summed E-state index contributed by atoms with van der Waals surface area (Å²) in [5.41, 5.74) is 1.94. The lowest BCUT2D eigenvalue weighted by Crippen LogP contribution is -2.48. The SMILES string of the molecule is COc1ccc(-c2c(C)nn3c(N(Cc4cccc(S(C)(=O)=O)c4)C(=O)O)cc(N4CCN(C(C)=O)CC4)nc23)cc1OC(F)F. The van der Waals surface area contributed by atoms with Gasteiger partial charge in [-0.15, -0.1) is 0 Å². The van der Waals surface area contributed by atoms with Crippen LogP contribution in [0, 0.1) is 6.92 Å². The number of fused-ring (bicyclic) bond motifs is 1. The van der Waals surface area contributed by atoms with E-state index in [1.54, 1.807) is 30.0 Å². The fraction of sp³-hybridized carbons (Fsp3) is 0.333. The molecule has 5 rings (SSSR count). The van der Waals surface area contributed by atoms with Crippen LogP contribution in [0.15, 0.2) is 53.4 Å². The van der Waals surface area contributed by atoms with Crippen molar-refractivity contribution >= 4 is 39.1 Å². The van der Waals surface area contributed by atoms with Crippen LogP contribution in [0.25, 0.3) is 16.8 Å². The summed E-state index contributed by atoms with van der Waals surface area (Å²) in [5.74, 6) is 0.332. The van der Waals surface area contributed by atoms with Crippen LogP contribution in [-0.4, -0.2) is 91.2 Å². The van der Waals surface area contributed by atoms with E-state index in [0.29, 0.717) is 54.4 Å². The molecule has 0 spiro atoms. The number of anilines is 2. The van der Waals surface area contributed by atoms with Crippen molar-refractivity contribution in [3.05, 3.63) is 59.8 Å². The number of ether oxygens (including phenoxy) is 2. The molecule has 0 unspecified atom stereocenters. The summed E-state index contributed by atoms with van der Waals surface area (Å²) < 4.78 is 62.1. The number of aromatic nitrogens is 3. The minimum Gasteiger partial charge on any atom is -0.493 e. The second-order valence-electron chi connectivity index (χ2n) is 10.7. The number of nitrogens with zero attached hydrogens (tertiary/aromatic N) is 6. The van der Waals surface area contributed by atoms with Gasteiger partial charge in [0.25, 0.3) is 0 Å². The average Bonchev–Trinajstić information content (AvgIpc) is 3.34. The van der Waals surface area contributed by atoms with Crippen molar-refractivity contribution in [2.24, 2.45) is 0 Å². The number of piperazine rings is 1. The number of hydrogen-bond donors (Lipinski definition) is 1. The lowest BCUT2D eigenvalue weighted by molar-refractivity contribution is -0.129. The molecule has 0 bridgehead atoms. The summed E-state index contributed by atoms with van der Waals surface area (Å²) in [6.45, 7) is 1.53. The van der Waals surface area contributed by atoms with Crippen molar-refractivity contribution in [2.45, 2.75) is 31.9 Å². The van der Waals surface area contributed by atoms with E-state index in [4.69, 9.17) is 14.5 Å². The summed E-state index contributed by atoms with van der Waals surface area (Å²) in [4.78, 5) is 34.3. The molecule has 13 nitrogen and oxygen atoms in total. The largest absolute Gasteiger partial charge is 0.493 e. The summed E-state index contributed by atoms with van der Waals surface area (Å²) in [6.07, 6.45) is -0.271. The normalized spacial score (nSPS) is 13.7. The Hall–Kier alpha value is -4.99. The van der Waals surface area contributed by atoms with Crippen molar-refractivity contribution in [2.75, 3.05) is 49.3 Å². The average molecular weight is 659 g/mol. The summed E-state index contributed by atoms with van der Waals surface area (Å²) >= 11 is 0. The lowest BCUT2D eigenvalue weighted by atomic mass is 10.1. The number of hydrogen-bond acceptors (Lipinski definition) is 9. The molecule has 1 N–H and O–H groups in total. The summed E-state index contributed by atoms with van der Waals surface area (Å²) in [6, 6.07) is 12.0. The van der Waals surface area contributed by atoms with Crippen LogP contribution < -0.4 is 19.3 Å². The van der Waals surface area contributed by atoms with Gasteiger partial charge in [-0.05, 0) is 42.3 Å². The molecule has 1 fully saturated rings. The number of aryl methyl sites for hydroxylation is 1. The van der Waals surface area contributed by atoms with Crippen LogP contribution in [0.5, 0.6) is 11.5 Å². The maximum Gasteiger partial charge on any atom is 0.413 e. The molecule has 2 aromatic carbocycles. The van der Waals surface area contributed by atoms with Gasteiger partial charge in [-0.25, -0.2) is 18.2 Å². The Balaban J connectivity index is 1.69. The third-order valence-electron chi connectivity index (χ3n) is 7.62. The Labute approximate surface area is 263 Å². The molecular formula is C30H32F2N6O7S. The Morgan fingerprint density at radius 3 is 2.39 bits per heavy atom. The van der Waals surface area contributed by atoms with E-state index < -0.39 is 22.5 Å². The zero-order chi connectivity index (χ0) is 33.3. The Morgan fingerprint density at radius 1 is 1.07 bits per heavy atom. The zero-order valence-electron chi connectivity index (χ0n) is 25.5. The molecule has 0 atom stereocenters. The third kappa shape index (κ3) is 6.66. The van der Waals surface area contributed by atoms with Gasteiger partial charge >= 0.3 is 12.7 Å². The van der Waals surface area contributed by atoms with Gasteiger partial charge in [-0.2, -0.15) is 18.4 Å². The first-order valence-electron chi connectivity index (χ1n) is 14.1. The molecule has 4 aromatic rings. The smallest absolute Gasteiger partial charge is 0.413 e. The Morgan fingerprint density at radius 2 is 1.78 bits per heavy atom. The highest BCUT2D eigenvalue weighted by Crippen LogP contribution is 2.38. The number of carbonyl (C=O) groups excluding carboxylic acids is 1. The van der Waals surface area contributed by atoms with E-state index in [9.17, 15) is 31.9 Å². The van der Waals surface area contributed by atoms with Gasteiger partial charge < -0.3 is 24.4 Å². The monoisotopic (exact) mass is 658 g/mol. The quantitative estimate of drug-likeness (QED) is 0.279. The van der Waals surface area contributed by atoms with E-state index in [1.165, 1.54) is 48.9 Å². The second kappa shape index (κ2) is 12.8. The second-order valence-corrected chi connectivity index (χ2v) is 12.7. The minimum absolute atomic E-state index is 0.0396. The number of alkyl halides is 2. The maximum atomic E-state index is 13.2. The van der Waals surface area contributed by atoms with Gasteiger partial charge in [0, 0.05) is 51.0 Å². The van der Waals surface area contributed by atoms with Crippen LogP contribution in [0.2, 0.25) is 0 Å². The zero-order valence-corrected chi connectivity index (χ0v) is 26.3. The summed E-state index contributed by atoms with van der Waals surface area (Å²) in [7, 11) is -2.23. The number of halogens is 2. The molecule has 1 aliphatic rings. The van der Waals surface area contributed by atoms with Crippen LogP contribution in [0.4, 0.5) is 25.2 Å². The molecule has 0 radical (unpaired) electrons. The van der Waals surface area contributed by atoms with Crippen molar-refractivity contribution in [3.8, 4) is 22.6 Å². The van der Waals surface area contributed by atoms with Gasteiger partial charge in [0.15, 0.2) is 27.0 Å². The van der Waals surface area contributed by atoms with E-state index in [0.717, 1.165) is 11.2 Å². The van der Waals surface area contributed by atoms with Crippen molar-refractivity contribution in [1.29, 1.82) is 0 Å². The molecule has 1 saturated heterocycles. The number of carboxylic acid groups (broad SMARTS) is 1. The molecule has 2 amide bonds. The fourth-order valence-electron chi connectivity index (χ4n) is 5.36. The third-order valence-corrected chi connectivity index (χ3v) is 8.73. The number of sulfone groups is 1. The van der Waals surface area contributed by atoms with Gasteiger partial charge in [0.1, 0.15) is 11.6 Å². The number of amides is 2. The van der Waals surface area contributed by atoms with E-state index in [-0.39, 0.29) is 40.3 Å². The topological polar surface area (TPSA) is 147 Å². The van der Waals surface area contributed by atoms with Gasteiger partial charge in [-0.3, -0.25) is 9.69 Å². The molecule has 1 aliphatic heterocycles. The Kier molecular flexibility index (Phi) is 9.01. The highest BCUT2D eigenvalue weighted by atomic mass is 32.2. The van der Waals surface area contributed by atoms with Gasteiger partial charge in [0.05, 0.1) is 24.2 Å². The first-order chi connectivity index (χ1) is 21.8.